The van der Waals surface area contributed by atoms with Gasteiger partial charge in [-0.2, -0.15) is 0 Å². The molecule has 2 aromatic carbocycles. The van der Waals surface area contributed by atoms with Crippen LogP contribution in [0, 0.1) is 0 Å². The van der Waals surface area contributed by atoms with Gasteiger partial charge >= 0.3 is 5.97 Å². The number of nitrogens with zero attached hydrogens (tertiary/aromatic N) is 2. The van der Waals surface area contributed by atoms with Crippen LogP contribution in [0.15, 0.2) is 51.7 Å². The average molecular weight is 569 g/mol. The lowest BCUT2D eigenvalue weighted by atomic mass is 9.90. The first-order valence-corrected chi connectivity index (χ1v) is 13.2. The number of aromatic hydroxyl groups is 1. The van der Waals surface area contributed by atoms with E-state index in [0.29, 0.717) is 29.4 Å². The molecule has 0 amide bonds. The average Bonchev–Trinajstić information content (AvgIpc) is 3.01. The highest BCUT2D eigenvalue weighted by Gasteiger charge is 2.31. The lowest BCUT2D eigenvalue weighted by Gasteiger charge is -2.36. The Morgan fingerprint density at radius 3 is 2.17 bits per heavy atom. The first-order chi connectivity index (χ1) is 19.8. The zero-order valence-corrected chi connectivity index (χ0v) is 24.0. The van der Waals surface area contributed by atoms with Crippen LogP contribution in [0.25, 0.3) is 0 Å². The molecule has 4 rings (SSSR count). The second-order valence-electron chi connectivity index (χ2n) is 9.51. The van der Waals surface area contributed by atoms with Crippen LogP contribution in [-0.4, -0.2) is 77.7 Å². The topological polar surface area (TPSA) is 120 Å². The van der Waals surface area contributed by atoms with Gasteiger partial charge in [-0.25, -0.2) is 0 Å². The highest BCUT2D eigenvalue weighted by molar-refractivity contribution is 5.72. The normalized spacial score (nSPS) is 14.3. The maximum atomic E-state index is 12.9. The summed E-state index contributed by atoms with van der Waals surface area (Å²) >= 11 is 0. The van der Waals surface area contributed by atoms with Crippen LogP contribution in [0.5, 0.6) is 28.7 Å². The van der Waals surface area contributed by atoms with Gasteiger partial charge in [0.25, 0.3) is 0 Å². The van der Waals surface area contributed by atoms with Crippen molar-refractivity contribution in [1.82, 2.24) is 4.90 Å². The Hall–Kier alpha value is -4.38. The number of anilines is 1. The van der Waals surface area contributed by atoms with Crippen molar-refractivity contribution in [2.75, 3.05) is 66.6 Å². The fourth-order valence-electron chi connectivity index (χ4n) is 5.04. The predicted octanol–water partition coefficient (Wildman–Crippen LogP) is 3.40. The Balaban J connectivity index is 1.62. The molecule has 1 aliphatic heterocycles. The number of benzene rings is 2. The van der Waals surface area contributed by atoms with Crippen molar-refractivity contribution in [3.05, 3.63) is 69.8 Å². The fraction of sp³-hybridized carbons (Fsp3) is 0.400. The summed E-state index contributed by atoms with van der Waals surface area (Å²) in [6.07, 6.45) is -0.219. The molecule has 1 aliphatic rings. The summed E-state index contributed by atoms with van der Waals surface area (Å²) in [5.74, 6) is 0.0719. The predicted molar refractivity (Wildman–Crippen MR) is 152 cm³/mol. The monoisotopic (exact) mass is 568 g/mol. The molecular weight excluding hydrogens is 532 g/mol. The van der Waals surface area contributed by atoms with Crippen molar-refractivity contribution < 1.29 is 38.0 Å². The van der Waals surface area contributed by atoms with Crippen molar-refractivity contribution in [2.45, 2.75) is 18.9 Å². The maximum absolute atomic E-state index is 12.9. The van der Waals surface area contributed by atoms with Crippen molar-refractivity contribution in [3.8, 4) is 28.7 Å². The molecule has 1 unspecified atom stereocenters. The Morgan fingerprint density at radius 1 is 0.902 bits per heavy atom. The first kappa shape index (κ1) is 29.6. The zero-order valence-electron chi connectivity index (χ0n) is 24.0. The van der Waals surface area contributed by atoms with Crippen LogP contribution < -0.4 is 29.3 Å². The molecule has 41 heavy (non-hydrogen) atoms. The molecule has 1 atom stereocenters. The number of carbonyl (C=O) groups is 1. The van der Waals surface area contributed by atoms with Crippen LogP contribution in [-0.2, 0) is 16.1 Å². The van der Waals surface area contributed by atoms with E-state index in [4.69, 9.17) is 28.1 Å². The standard InChI is InChI=1S/C30H36N2O9/c1-36-20-8-6-19(7-9-20)32-14-12-31(13-15-32)18-21-16-24(33)27(35)28(41-21)23(17-26(34)38-3)22-10-11-25(37-2)30(40-5)29(22)39-4/h6-11,16,23,35H,12-15,17-18H2,1-5H3. The number of esters is 1. The van der Waals surface area contributed by atoms with E-state index < -0.39 is 23.1 Å². The summed E-state index contributed by atoms with van der Waals surface area (Å²) in [6, 6.07) is 12.6. The smallest absolute Gasteiger partial charge is 0.306 e. The molecule has 1 aromatic heterocycles. The molecular formula is C30H36N2O9. The highest BCUT2D eigenvalue weighted by atomic mass is 16.5. The molecule has 11 nitrogen and oxygen atoms in total. The summed E-state index contributed by atoms with van der Waals surface area (Å²) in [5.41, 5.74) is 0.963. The van der Waals surface area contributed by atoms with Crippen molar-refractivity contribution >= 4 is 11.7 Å². The summed E-state index contributed by atoms with van der Waals surface area (Å²) in [6.45, 7) is 3.40. The molecule has 1 saturated heterocycles. The van der Waals surface area contributed by atoms with Crippen LogP contribution in [0.4, 0.5) is 5.69 Å². The number of hydrogen-bond acceptors (Lipinski definition) is 11. The van der Waals surface area contributed by atoms with Gasteiger partial charge in [0, 0.05) is 43.5 Å². The molecule has 220 valence electrons. The number of ether oxygens (including phenoxy) is 5. The number of hydrogen-bond donors (Lipinski definition) is 1. The fourth-order valence-corrected chi connectivity index (χ4v) is 5.04. The summed E-state index contributed by atoms with van der Waals surface area (Å²) in [4.78, 5) is 29.9. The molecule has 0 radical (unpaired) electrons. The molecule has 2 heterocycles. The molecule has 3 aromatic rings. The van der Waals surface area contributed by atoms with Gasteiger partial charge in [0.2, 0.25) is 16.9 Å². The Morgan fingerprint density at radius 2 is 1.59 bits per heavy atom. The minimum absolute atomic E-state index is 0.0553. The molecule has 0 spiro atoms. The Kier molecular flexibility index (Phi) is 9.61. The molecule has 1 N–H and O–H groups in total. The lowest BCUT2D eigenvalue weighted by Crippen LogP contribution is -2.46. The van der Waals surface area contributed by atoms with Gasteiger partial charge in [-0.3, -0.25) is 14.5 Å². The van der Waals surface area contributed by atoms with Gasteiger partial charge < -0.3 is 38.1 Å². The summed E-state index contributed by atoms with van der Waals surface area (Å²) in [7, 11) is 7.32. The Bertz CT molecular complexity index is 1400. The molecule has 0 saturated carbocycles. The number of piperazine rings is 1. The molecule has 1 fully saturated rings. The van der Waals surface area contributed by atoms with Gasteiger partial charge in [0.05, 0.1) is 54.4 Å². The van der Waals surface area contributed by atoms with Crippen molar-refractivity contribution in [3.63, 3.8) is 0 Å². The van der Waals surface area contributed by atoms with Crippen molar-refractivity contribution in [2.24, 2.45) is 0 Å². The largest absolute Gasteiger partial charge is 0.502 e. The second kappa shape index (κ2) is 13.3. The summed E-state index contributed by atoms with van der Waals surface area (Å²) < 4.78 is 32.9. The third-order valence-corrected chi connectivity index (χ3v) is 7.21. The van der Waals surface area contributed by atoms with Gasteiger partial charge in [-0.15, -0.1) is 0 Å². The minimum atomic E-state index is -0.906. The van der Waals surface area contributed by atoms with E-state index >= 15 is 0 Å². The quantitative estimate of drug-likeness (QED) is 0.343. The van der Waals surface area contributed by atoms with Crippen molar-refractivity contribution in [1.29, 1.82) is 0 Å². The maximum Gasteiger partial charge on any atom is 0.306 e. The highest BCUT2D eigenvalue weighted by Crippen LogP contribution is 2.46. The number of methoxy groups -OCH3 is 5. The van der Waals surface area contributed by atoms with E-state index in [0.717, 1.165) is 37.6 Å². The minimum Gasteiger partial charge on any atom is -0.502 e. The van der Waals surface area contributed by atoms with Gasteiger partial charge in [0.15, 0.2) is 17.3 Å². The molecule has 11 heteroatoms. The van der Waals surface area contributed by atoms with E-state index in [1.54, 1.807) is 19.2 Å². The first-order valence-electron chi connectivity index (χ1n) is 13.2. The third kappa shape index (κ3) is 6.51. The summed E-state index contributed by atoms with van der Waals surface area (Å²) in [5, 5.41) is 10.8. The number of carbonyl (C=O) groups excluding carboxylic acids is 1. The van der Waals surface area contributed by atoms with E-state index in [9.17, 15) is 14.7 Å². The second-order valence-corrected chi connectivity index (χ2v) is 9.51. The SMILES string of the molecule is COC(=O)CC(c1ccc(OC)c(OC)c1OC)c1oc(CN2CCN(c3ccc(OC)cc3)CC2)cc(=O)c1O. The number of rotatable bonds is 11. The van der Waals surface area contributed by atoms with Crippen LogP contribution in [0.2, 0.25) is 0 Å². The molecule has 0 aliphatic carbocycles. The zero-order chi connectivity index (χ0) is 29.5. The van der Waals surface area contributed by atoms with E-state index in [1.807, 2.05) is 24.3 Å². The van der Waals surface area contributed by atoms with Crippen LogP contribution >= 0.6 is 0 Å². The molecule has 0 bridgehead atoms. The Labute approximate surface area is 238 Å². The lowest BCUT2D eigenvalue weighted by molar-refractivity contribution is -0.140. The van der Waals surface area contributed by atoms with Gasteiger partial charge in [-0.05, 0) is 30.3 Å². The van der Waals surface area contributed by atoms with E-state index in [2.05, 4.69) is 9.80 Å². The van der Waals surface area contributed by atoms with Gasteiger partial charge in [-0.1, -0.05) is 6.07 Å². The third-order valence-electron chi connectivity index (χ3n) is 7.21. The van der Waals surface area contributed by atoms with E-state index in [1.165, 1.54) is 34.5 Å². The van der Waals surface area contributed by atoms with Crippen LogP contribution in [0.3, 0.4) is 0 Å². The van der Waals surface area contributed by atoms with Crippen LogP contribution in [0.1, 0.15) is 29.4 Å². The van der Waals surface area contributed by atoms with E-state index in [-0.39, 0.29) is 17.9 Å². The van der Waals surface area contributed by atoms with Gasteiger partial charge in [0.1, 0.15) is 11.5 Å².